The van der Waals surface area contributed by atoms with E-state index in [0.717, 1.165) is 5.69 Å². The lowest BCUT2D eigenvalue weighted by Gasteiger charge is -2.11. The zero-order chi connectivity index (χ0) is 12.7. The molecule has 0 spiro atoms. The number of anilines is 2. The van der Waals surface area contributed by atoms with E-state index in [1.165, 1.54) is 0 Å². The largest absolute Gasteiger partial charge is 0.395 e. The van der Waals surface area contributed by atoms with Gasteiger partial charge in [0.05, 0.1) is 18.9 Å². The fraction of sp³-hybridized carbons (Fsp3) is 0.636. The number of nitrogens with zero attached hydrogens (tertiary/aromatic N) is 2. The third-order valence-corrected chi connectivity index (χ3v) is 2.15. The third kappa shape index (κ3) is 4.54. The summed E-state index contributed by atoms with van der Waals surface area (Å²) < 4.78 is 0. The fourth-order valence-electron chi connectivity index (χ4n) is 1.28. The lowest BCUT2D eigenvalue weighted by Crippen LogP contribution is -2.13. The Kier molecular flexibility index (Phi) is 5.65. The van der Waals surface area contributed by atoms with E-state index in [0.29, 0.717) is 30.8 Å². The van der Waals surface area contributed by atoms with Gasteiger partial charge in [0.25, 0.3) is 0 Å². The number of nitrogens with one attached hydrogen (secondary N) is 2. The molecule has 0 aliphatic rings. The molecule has 0 aliphatic heterocycles. The minimum atomic E-state index is 0.0364. The summed E-state index contributed by atoms with van der Waals surface area (Å²) >= 11 is 0. The Bertz CT molecular complexity index is 318. The molecule has 0 unspecified atom stereocenters. The van der Waals surface area contributed by atoms with Gasteiger partial charge in [-0.3, -0.25) is 0 Å². The Labute approximate surface area is 101 Å². The minimum Gasteiger partial charge on any atom is -0.395 e. The van der Waals surface area contributed by atoms with Crippen LogP contribution in [-0.4, -0.2) is 46.5 Å². The van der Waals surface area contributed by atoms with Crippen molar-refractivity contribution in [1.82, 2.24) is 9.97 Å². The maximum Gasteiger partial charge on any atom is 0.224 e. The monoisotopic (exact) mass is 240 g/mol. The second-order valence-corrected chi connectivity index (χ2v) is 3.96. The van der Waals surface area contributed by atoms with E-state index < -0.39 is 0 Å². The molecule has 0 amide bonds. The molecule has 0 atom stereocenters. The van der Waals surface area contributed by atoms with Crippen molar-refractivity contribution in [1.29, 1.82) is 0 Å². The van der Waals surface area contributed by atoms with Crippen molar-refractivity contribution in [3.63, 3.8) is 0 Å². The van der Waals surface area contributed by atoms with Gasteiger partial charge in [-0.1, -0.05) is 13.8 Å². The highest BCUT2D eigenvalue weighted by atomic mass is 16.3. The van der Waals surface area contributed by atoms with Gasteiger partial charge in [-0.05, 0) is 5.92 Å². The first kappa shape index (κ1) is 13.7. The zero-order valence-corrected chi connectivity index (χ0v) is 10.3. The van der Waals surface area contributed by atoms with Gasteiger partial charge in [-0.2, -0.15) is 4.98 Å². The molecule has 0 bridgehead atoms. The van der Waals surface area contributed by atoms with Crippen LogP contribution in [0.15, 0.2) is 6.07 Å². The summed E-state index contributed by atoms with van der Waals surface area (Å²) in [4.78, 5) is 8.58. The molecule has 1 heterocycles. The molecule has 0 radical (unpaired) electrons. The maximum atomic E-state index is 8.76. The van der Waals surface area contributed by atoms with E-state index in [4.69, 9.17) is 10.2 Å². The average molecular weight is 240 g/mol. The van der Waals surface area contributed by atoms with Crippen LogP contribution in [0.1, 0.15) is 25.5 Å². The van der Waals surface area contributed by atoms with E-state index in [1.807, 2.05) is 19.9 Å². The SMILES string of the molecule is CC(C)c1cc(NCCO)nc(NCCO)n1. The van der Waals surface area contributed by atoms with Crippen LogP contribution >= 0.6 is 0 Å². The average Bonchev–Trinajstić information content (AvgIpc) is 2.33. The first-order valence-electron chi connectivity index (χ1n) is 5.75. The van der Waals surface area contributed by atoms with E-state index >= 15 is 0 Å². The molecule has 1 aromatic heterocycles. The molecule has 6 heteroatoms. The van der Waals surface area contributed by atoms with Gasteiger partial charge in [0, 0.05) is 19.2 Å². The van der Waals surface area contributed by atoms with Crippen LogP contribution in [0.5, 0.6) is 0 Å². The number of aliphatic hydroxyl groups is 2. The first-order valence-corrected chi connectivity index (χ1v) is 5.75. The van der Waals surface area contributed by atoms with Crippen molar-refractivity contribution in [2.75, 3.05) is 36.9 Å². The predicted octanol–water partition coefficient (Wildman–Crippen LogP) is 0.408. The molecule has 17 heavy (non-hydrogen) atoms. The maximum absolute atomic E-state index is 8.76. The normalized spacial score (nSPS) is 10.6. The zero-order valence-electron chi connectivity index (χ0n) is 10.3. The van der Waals surface area contributed by atoms with Gasteiger partial charge in [-0.15, -0.1) is 0 Å². The Balaban J connectivity index is 2.84. The molecule has 1 rings (SSSR count). The third-order valence-electron chi connectivity index (χ3n) is 2.15. The van der Waals surface area contributed by atoms with E-state index in [9.17, 15) is 0 Å². The molecular formula is C11H20N4O2. The summed E-state index contributed by atoms with van der Waals surface area (Å²) in [6.45, 7) is 5.06. The minimum absolute atomic E-state index is 0.0364. The summed E-state index contributed by atoms with van der Waals surface area (Å²) in [7, 11) is 0. The number of rotatable bonds is 7. The molecule has 4 N–H and O–H groups in total. The van der Waals surface area contributed by atoms with Crippen molar-refractivity contribution < 1.29 is 10.2 Å². The van der Waals surface area contributed by atoms with Gasteiger partial charge in [0.15, 0.2) is 0 Å². The Morgan fingerprint density at radius 1 is 1.12 bits per heavy atom. The standard InChI is InChI=1S/C11H20N4O2/c1-8(2)9-7-10(12-3-5-16)15-11(14-9)13-4-6-17/h7-8,16-17H,3-6H2,1-2H3,(H2,12,13,14,15). The van der Waals surface area contributed by atoms with Crippen LogP contribution < -0.4 is 10.6 Å². The van der Waals surface area contributed by atoms with E-state index in [2.05, 4.69) is 20.6 Å². The Hall–Kier alpha value is -1.40. The highest BCUT2D eigenvalue weighted by molar-refractivity contribution is 5.43. The van der Waals surface area contributed by atoms with Gasteiger partial charge in [0.1, 0.15) is 5.82 Å². The number of aliphatic hydroxyl groups excluding tert-OH is 2. The van der Waals surface area contributed by atoms with E-state index in [1.54, 1.807) is 0 Å². The second-order valence-electron chi connectivity index (χ2n) is 3.96. The summed E-state index contributed by atoms with van der Waals surface area (Å²) in [5.41, 5.74) is 0.917. The Morgan fingerprint density at radius 3 is 2.35 bits per heavy atom. The topological polar surface area (TPSA) is 90.3 Å². The molecule has 96 valence electrons. The van der Waals surface area contributed by atoms with Gasteiger partial charge in [0.2, 0.25) is 5.95 Å². The summed E-state index contributed by atoms with van der Waals surface area (Å²) in [5.74, 6) is 1.46. The van der Waals surface area contributed by atoms with Crippen LogP contribution in [0.4, 0.5) is 11.8 Å². The quantitative estimate of drug-likeness (QED) is 0.552. The van der Waals surface area contributed by atoms with Crippen LogP contribution in [0.3, 0.4) is 0 Å². The first-order chi connectivity index (χ1) is 8.17. The highest BCUT2D eigenvalue weighted by Gasteiger charge is 2.07. The molecule has 0 saturated carbocycles. The summed E-state index contributed by atoms with van der Waals surface area (Å²) in [6.07, 6.45) is 0. The molecule has 0 saturated heterocycles. The lowest BCUT2D eigenvalue weighted by molar-refractivity contribution is 0.310. The van der Waals surface area contributed by atoms with Crippen LogP contribution in [-0.2, 0) is 0 Å². The molecule has 1 aromatic rings. The van der Waals surface area contributed by atoms with Crippen molar-refractivity contribution in [2.45, 2.75) is 19.8 Å². The number of aromatic nitrogens is 2. The molecule has 0 aliphatic carbocycles. The summed E-state index contributed by atoms with van der Waals surface area (Å²) in [5, 5.41) is 23.4. The molecule has 0 aromatic carbocycles. The van der Waals surface area contributed by atoms with Gasteiger partial charge in [-0.25, -0.2) is 4.98 Å². The van der Waals surface area contributed by atoms with Gasteiger partial charge >= 0.3 is 0 Å². The van der Waals surface area contributed by atoms with Crippen molar-refractivity contribution in [3.8, 4) is 0 Å². The number of hydrogen-bond acceptors (Lipinski definition) is 6. The summed E-state index contributed by atoms with van der Waals surface area (Å²) in [6, 6.07) is 1.87. The molecule has 6 nitrogen and oxygen atoms in total. The van der Waals surface area contributed by atoms with Crippen molar-refractivity contribution in [3.05, 3.63) is 11.8 Å². The highest BCUT2D eigenvalue weighted by Crippen LogP contribution is 2.17. The van der Waals surface area contributed by atoms with E-state index in [-0.39, 0.29) is 13.2 Å². The van der Waals surface area contributed by atoms with Crippen LogP contribution in [0.25, 0.3) is 0 Å². The molecular weight excluding hydrogens is 220 g/mol. The lowest BCUT2D eigenvalue weighted by atomic mass is 10.1. The smallest absolute Gasteiger partial charge is 0.224 e. The fourth-order valence-corrected chi connectivity index (χ4v) is 1.28. The van der Waals surface area contributed by atoms with Crippen molar-refractivity contribution >= 4 is 11.8 Å². The Morgan fingerprint density at radius 2 is 1.76 bits per heavy atom. The van der Waals surface area contributed by atoms with Gasteiger partial charge < -0.3 is 20.8 Å². The van der Waals surface area contributed by atoms with Crippen molar-refractivity contribution in [2.24, 2.45) is 0 Å². The second kappa shape index (κ2) is 7.03. The van der Waals surface area contributed by atoms with Crippen LogP contribution in [0, 0.1) is 0 Å². The molecule has 0 fully saturated rings. The van der Waals surface area contributed by atoms with Crippen LogP contribution in [0.2, 0.25) is 0 Å². The number of hydrogen-bond donors (Lipinski definition) is 4. The predicted molar refractivity (Wildman–Crippen MR) is 67.3 cm³/mol.